The van der Waals surface area contributed by atoms with Crippen molar-refractivity contribution in [1.29, 1.82) is 0 Å². The molecule has 4 rings (SSSR count). The first-order chi connectivity index (χ1) is 12.6. The Labute approximate surface area is 148 Å². The molecule has 2 heterocycles. The van der Waals surface area contributed by atoms with Crippen molar-refractivity contribution in [3.8, 4) is 5.69 Å². The number of fused-ring (bicyclic) bond motifs is 1. The normalized spacial score (nSPS) is 14.6. The summed E-state index contributed by atoms with van der Waals surface area (Å²) in [6, 6.07) is 10.8. The summed E-state index contributed by atoms with van der Waals surface area (Å²) in [5.41, 5.74) is 0.627. The largest absolute Gasteiger partial charge is 0.378 e. The highest BCUT2D eigenvalue weighted by atomic mass is 19.1. The van der Waals surface area contributed by atoms with Crippen molar-refractivity contribution in [2.24, 2.45) is 0 Å². The van der Waals surface area contributed by atoms with Crippen LogP contribution in [-0.4, -0.2) is 46.7 Å². The first kappa shape index (κ1) is 16.4. The average molecular weight is 353 g/mol. The Morgan fingerprint density at radius 3 is 2.65 bits per heavy atom. The predicted octanol–water partition coefficient (Wildman–Crippen LogP) is 2.00. The minimum Gasteiger partial charge on any atom is -0.378 e. The van der Waals surface area contributed by atoms with Gasteiger partial charge in [-0.05, 0) is 30.3 Å². The number of benzene rings is 2. The fourth-order valence-corrected chi connectivity index (χ4v) is 3.02. The summed E-state index contributed by atoms with van der Waals surface area (Å²) in [4.78, 5) is 31.2. The maximum absolute atomic E-state index is 14.0. The summed E-state index contributed by atoms with van der Waals surface area (Å²) < 4.78 is 20.4. The molecule has 0 unspecified atom stereocenters. The zero-order valence-electron chi connectivity index (χ0n) is 13.9. The van der Waals surface area contributed by atoms with Crippen molar-refractivity contribution in [3.63, 3.8) is 0 Å². The third-order valence-corrected chi connectivity index (χ3v) is 4.42. The number of rotatable bonds is 2. The number of carbonyl (C=O) groups is 1. The standard InChI is InChI=1S/C19H16FN3O3/c20-15-3-1-2-4-17(15)23-12-21-16-11-13(5-6-14(16)19(23)25)18(24)22-7-9-26-10-8-22/h1-6,11-12H,7-10H2. The average Bonchev–Trinajstić information content (AvgIpc) is 2.69. The molecule has 6 nitrogen and oxygen atoms in total. The Bertz CT molecular complexity index is 1040. The van der Waals surface area contributed by atoms with Gasteiger partial charge in [0.1, 0.15) is 12.1 Å². The first-order valence-corrected chi connectivity index (χ1v) is 8.28. The van der Waals surface area contributed by atoms with Crippen LogP contribution in [-0.2, 0) is 4.74 Å². The topological polar surface area (TPSA) is 64.4 Å². The molecular formula is C19H16FN3O3. The van der Waals surface area contributed by atoms with Crippen molar-refractivity contribution >= 4 is 16.8 Å². The van der Waals surface area contributed by atoms with Crippen molar-refractivity contribution in [2.45, 2.75) is 0 Å². The SMILES string of the molecule is O=C(c1ccc2c(=O)n(-c3ccccc3F)cnc2c1)N1CCOCC1. The second kappa shape index (κ2) is 6.68. The monoisotopic (exact) mass is 353 g/mol. The molecule has 0 aliphatic carbocycles. The second-order valence-corrected chi connectivity index (χ2v) is 6.01. The molecule has 0 spiro atoms. The van der Waals surface area contributed by atoms with Gasteiger partial charge in [-0.2, -0.15) is 0 Å². The van der Waals surface area contributed by atoms with Crippen LogP contribution in [0.15, 0.2) is 53.6 Å². The molecule has 1 aromatic heterocycles. The minimum absolute atomic E-state index is 0.115. The van der Waals surface area contributed by atoms with Crippen LogP contribution in [0.1, 0.15) is 10.4 Å². The molecule has 1 amide bonds. The molecule has 1 aliphatic rings. The molecule has 2 aromatic carbocycles. The quantitative estimate of drug-likeness (QED) is 0.707. The Morgan fingerprint density at radius 1 is 1.12 bits per heavy atom. The first-order valence-electron chi connectivity index (χ1n) is 8.28. The van der Waals surface area contributed by atoms with E-state index in [2.05, 4.69) is 4.98 Å². The van der Waals surface area contributed by atoms with Gasteiger partial charge in [0.2, 0.25) is 0 Å². The molecule has 0 bridgehead atoms. The highest BCUT2D eigenvalue weighted by Gasteiger charge is 2.19. The van der Waals surface area contributed by atoms with E-state index in [9.17, 15) is 14.0 Å². The molecule has 0 atom stereocenters. The maximum atomic E-state index is 14.0. The zero-order valence-corrected chi connectivity index (χ0v) is 13.9. The molecule has 26 heavy (non-hydrogen) atoms. The molecule has 1 fully saturated rings. The second-order valence-electron chi connectivity index (χ2n) is 6.01. The number of morpholine rings is 1. The third-order valence-electron chi connectivity index (χ3n) is 4.42. The molecule has 132 valence electrons. The number of nitrogens with zero attached hydrogens (tertiary/aromatic N) is 3. The van der Waals surface area contributed by atoms with Gasteiger partial charge >= 0.3 is 0 Å². The number of aromatic nitrogens is 2. The Balaban J connectivity index is 1.75. The highest BCUT2D eigenvalue weighted by Crippen LogP contribution is 2.16. The van der Waals surface area contributed by atoms with Crippen molar-refractivity contribution in [2.75, 3.05) is 26.3 Å². The van der Waals surface area contributed by atoms with Gasteiger partial charge in [0, 0.05) is 18.7 Å². The van der Waals surface area contributed by atoms with E-state index in [1.807, 2.05) is 0 Å². The Kier molecular flexibility index (Phi) is 4.22. The van der Waals surface area contributed by atoms with Crippen LogP contribution < -0.4 is 5.56 Å². The van der Waals surface area contributed by atoms with Crippen LogP contribution in [0.5, 0.6) is 0 Å². The number of amides is 1. The van der Waals surface area contributed by atoms with Crippen LogP contribution in [0.2, 0.25) is 0 Å². The van der Waals surface area contributed by atoms with Gasteiger partial charge in [-0.1, -0.05) is 12.1 Å². The highest BCUT2D eigenvalue weighted by molar-refractivity contribution is 5.97. The smallest absolute Gasteiger partial charge is 0.265 e. The number of ether oxygens (including phenoxy) is 1. The lowest BCUT2D eigenvalue weighted by atomic mass is 10.1. The van der Waals surface area contributed by atoms with E-state index in [-0.39, 0.29) is 17.2 Å². The molecule has 3 aromatic rings. The van der Waals surface area contributed by atoms with Gasteiger partial charge < -0.3 is 9.64 Å². The molecule has 0 radical (unpaired) electrons. The summed E-state index contributed by atoms with van der Waals surface area (Å²) >= 11 is 0. The van der Waals surface area contributed by atoms with E-state index < -0.39 is 5.82 Å². The molecular weight excluding hydrogens is 337 g/mol. The van der Waals surface area contributed by atoms with Crippen LogP contribution in [0.25, 0.3) is 16.6 Å². The maximum Gasteiger partial charge on any atom is 0.265 e. The summed E-state index contributed by atoms with van der Waals surface area (Å²) in [6.07, 6.45) is 1.28. The van der Waals surface area contributed by atoms with E-state index >= 15 is 0 Å². The van der Waals surface area contributed by atoms with Crippen LogP contribution >= 0.6 is 0 Å². The molecule has 7 heteroatoms. The fourth-order valence-electron chi connectivity index (χ4n) is 3.02. The van der Waals surface area contributed by atoms with Gasteiger partial charge in [0.25, 0.3) is 11.5 Å². The van der Waals surface area contributed by atoms with Crippen molar-refractivity contribution in [1.82, 2.24) is 14.5 Å². The van der Waals surface area contributed by atoms with Gasteiger partial charge in [0.15, 0.2) is 0 Å². The van der Waals surface area contributed by atoms with Gasteiger partial charge in [-0.3, -0.25) is 14.2 Å². The van der Waals surface area contributed by atoms with Crippen molar-refractivity contribution < 1.29 is 13.9 Å². The summed E-state index contributed by atoms with van der Waals surface area (Å²) in [6.45, 7) is 2.12. The van der Waals surface area contributed by atoms with Gasteiger partial charge in [-0.15, -0.1) is 0 Å². The molecule has 0 saturated carbocycles. The van der Waals surface area contributed by atoms with E-state index in [4.69, 9.17) is 4.74 Å². The van der Waals surface area contributed by atoms with Gasteiger partial charge in [0.05, 0.1) is 29.8 Å². The number of carbonyl (C=O) groups excluding carboxylic acids is 1. The van der Waals surface area contributed by atoms with Crippen LogP contribution in [0, 0.1) is 5.82 Å². The van der Waals surface area contributed by atoms with Crippen LogP contribution in [0.3, 0.4) is 0 Å². The number of halogens is 1. The Morgan fingerprint density at radius 2 is 1.88 bits per heavy atom. The molecule has 1 aliphatic heterocycles. The lowest BCUT2D eigenvalue weighted by Gasteiger charge is -2.26. The van der Waals surface area contributed by atoms with Crippen molar-refractivity contribution in [3.05, 3.63) is 70.5 Å². The van der Waals surface area contributed by atoms with E-state index in [0.717, 1.165) is 0 Å². The van der Waals surface area contributed by atoms with Gasteiger partial charge in [-0.25, -0.2) is 9.37 Å². The summed E-state index contributed by atoms with van der Waals surface area (Å²) in [7, 11) is 0. The zero-order chi connectivity index (χ0) is 18.1. The molecule has 1 saturated heterocycles. The number of hydrogen-bond acceptors (Lipinski definition) is 4. The minimum atomic E-state index is -0.505. The third kappa shape index (κ3) is 2.86. The van der Waals surface area contributed by atoms with E-state index in [1.165, 1.54) is 23.0 Å². The lowest BCUT2D eigenvalue weighted by Crippen LogP contribution is -2.40. The summed E-state index contributed by atoms with van der Waals surface area (Å²) in [5.74, 6) is -0.620. The lowest BCUT2D eigenvalue weighted by molar-refractivity contribution is 0.0303. The predicted molar refractivity (Wildman–Crippen MR) is 94.0 cm³/mol. The number of para-hydroxylation sites is 1. The van der Waals surface area contributed by atoms with E-state index in [0.29, 0.717) is 42.8 Å². The number of hydrogen-bond donors (Lipinski definition) is 0. The fraction of sp³-hybridized carbons (Fsp3) is 0.211. The van der Waals surface area contributed by atoms with E-state index in [1.54, 1.807) is 35.2 Å². The molecule has 0 N–H and O–H groups in total. The summed E-state index contributed by atoms with van der Waals surface area (Å²) in [5, 5.41) is 0.328. The Hall–Kier alpha value is -3.06. The van der Waals surface area contributed by atoms with Crippen LogP contribution in [0.4, 0.5) is 4.39 Å².